The molecule has 4 rings (SSSR count). The van der Waals surface area contributed by atoms with Gasteiger partial charge in [-0.3, -0.25) is 4.57 Å². The number of fused-ring (bicyclic) bond motifs is 1. The van der Waals surface area contributed by atoms with Crippen LogP contribution in [0.1, 0.15) is 57.4 Å². The zero-order valence-electron chi connectivity index (χ0n) is 17.0. The molecule has 0 bridgehead atoms. The van der Waals surface area contributed by atoms with E-state index >= 15 is 0 Å². The van der Waals surface area contributed by atoms with E-state index in [2.05, 4.69) is 39.3 Å². The number of hydrogen-bond acceptors (Lipinski definition) is 9. The maximum absolute atomic E-state index is 10.7. The summed E-state index contributed by atoms with van der Waals surface area (Å²) in [5.41, 5.74) is 1.64. The SMILES string of the molecule is CCc1cc([C@H]2O[C@@H](n3cnc4c(NC(CC)CC)nc(Cl)nc43)[C@H](O)[C@@H]2O)on1. The minimum atomic E-state index is -1.23. The second kappa shape index (κ2) is 8.46. The van der Waals surface area contributed by atoms with Crippen LogP contribution in [-0.2, 0) is 11.2 Å². The Labute approximate surface area is 178 Å². The molecule has 30 heavy (non-hydrogen) atoms. The van der Waals surface area contributed by atoms with Crippen LogP contribution in [0.25, 0.3) is 11.2 Å². The van der Waals surface area contributed by atoms with Crippen LogP contribution in [0.3, 0.4) is 0 Å². The first kappa shape index (κ1) is 21.0. The third kappa shape index (κ3) is 3.64. The smallest absolute Gasteiger partial charge is 0.226 e. The van der Waals surface area contributed by atoms with Gasteiger partial charge < -0.3 is 24.8 Å². The van der Waals surface area contributed by atoms with E-state index in [4.69, 9.17) is 20.9 Å². The summed E-state index contributed by atoms with van der Waals surface area (Å²) < 4.78 is 12.8. The highest BCUT2D eigenvalue weighted by atomic mass is 35.5. The molecule has 1 aliphatic rings. The van der Waals surface area contributed by atoms with Crippen LogP contribution in [0.5, 0.6) is 0 Å². The van der Waals surface area contributed by atoms with Gasteiger partial charge in [0.05, 0.1) is 12.0 Å². The van der Waals surface area contributed by atoms with Crippen LogP contribution in [-0.4, -0.2) is 53.1 Å². The van der Waals surface area contributed by atoms with Gasteiger partial charge in [-0.2, -0.15) is 9.97 Å². The third-order valence-electron chi connectivity index (χ3n) is 5.45. The minimum Gasteiger partial charge on any atom is -0.387 e. The van der Waals surface area contributed by atoms with E-state index in [1.54, 1.807) is 10.6 Å². The van der Waals surface area contributed by atoms with Gasteiger partial charge >= 0.3 is 0 Å². The Bertz CT molecular complexity index is 1020. The van der Waals surface area contributed by atoms with Crippen molar-refractivity contribution in [3.8, 4) is 0 Å². The predicted octanol–water partition coefficient (Wildman–Crippen LogP) is 2.62. The maximum atomic E-state index is 10.7. The molecule has 3 aromatic heterocycles. The van der Waals surface area contributed by atoms with Crippen molar-refractivity contribution in [2.24, 2.45) is 0 Å². The molecule has 4 atom stereocenters. The van der Waals surface area contributed by atoms with E-state index in [0.29, 0.717) is 29.2 Å². The summed E-state index contributed by atoms with van der Waals surface area (Å²) in [5, 5.41) is 28.5. The Kier molecular flexibility index (Phi) is 5.92. The number of rotatable bonds is 7. The second-order valence-electron chi connectivity index (χ2n) is 7.33. The normalized spacial score (nSPS) is 24.2. The van der Waals surface area contributed by atoms with Crippen LogP contribution < -0.4 is 5.32 Å². The van der Waals surface area contributed by atoms with Gasteiger partial charge in [0.25, 0.3) is 0 Å². The summed E-state index contributed by atoms with van der Waals surface area (Å²) in [5.74, 6) is 0.874. The molecular formula is C19H25ClN6O4. The fourth-order valence-corrected chi connectivity index (χ4v) is 3.78. The fraction of sp³-hybridized carbons (Fsp3) is 0.579. The van der Waals surface area contributed by atoms with Crippen molar-refractivity contribution in [1.82, 2.24) is 24.7 Å². The zero-order valence-corrected chi connectivity index (χ0v) is 17.7. The number of imidazole rings is 1. The van der Waals surface area contributed by atoms with Crippen molar-refractivity contribution in [2.45, 2.75) is 70.6 Å². The largest absolute Gasteiger partial charge is 0.387 e. The number of aromatic nitrogens is 5. The Morgan fingerprint density at radius 3 is 2.63 bits per heavy atom. The zero-order chi connectivity index (χ0) is 21.4. The lowest BCUT2D eigenvalue weighted by atomic mass is 10.1. The van der Waals surface area contributed by atoms with E-state index in [0.717, 1.165) is 18.5 Å². The first-order chi connectivity index (χ1) is 14.5. The quantitative estimate of drug-likeness (QED) is 0.478. The Balaban J connectivity index is 1.68. The number of ether oxygens (including phenoxy) is 1. The number of aryl methyl sites for hydroxylation is 1. The van der Waals surface area contributed by atoms with Crippen LogP contribution in [0, 0.1) is 0 Å². The topological polar surface area (TPSA) is 131 Å². The predicted molar refractivity (Wildman–Crippen MR) is 109 cm³/mol. The van der Waals surface area contributed by atoms with E-state index in [9.17, 15) is 10.2 Å². The highest BCUT2D eigenvalue weighted by Gasteiger charge is 2.47. The number of halogens is 1. The molecule has 1 saturated heterocycles. The van der Waals surface area contributed by atoms with Gasteiger partial charge in [0.1, 0.15) is 18.3 Å². The van der Waals surface area contributed by atoms with E-state index in [-0.39, 0.29) is 11.3 Å². The van der Waals surface area contributed by atoms with Gasteiger partial charge in [0.15, 0.2) is 29.0 Å². The molecule has 0 aliphatic carbocycles. The Hall–Kier alpha value is -2.27. The van der Waals surface area contributed by atoms with Crippen LogP contribution in [0.2, 0.25) is 5.28 Å². The average molecular weight is 437 g/mol. The molecule has 0 radical (unpaired) electrons. The summed E-state index contributed by atoms with van der Waals surface area (Å²) in [6.45, 7) is 6.11. The lowest BCUT2D eigenvalue weighted by Crippen LogP contribution is -2.29. The van der Waals surface area contributed by atoms with Gasteiger partial charge in [0.2, 0.25) is 5.28 Å². The fourth-order valence-electron chi connectivity index (χ4n) is 3.62. The number of hydrogen-bond donors (Lipinski definition) is 3. The molecule has 10 nitrogen and oxygen atoms in total. The average Bonchev–Trinajstić information content (AvgIpc) is 3.45. The molecule has 3 aromatic rings. The Morgan fingerprint density at radius 1 is 1.20 bits per heavy atom. The molecule has 11 heteroatoms. The van der Waals surface area contributed by atoms with Crippen molar-refractivity contribution >= 4 is 28.6 Å². The third-order valence-corrected chi connectivity index (χ3v) is 5.62. The standard InChI is InChI=1S/C19H25ClN6O4/c1-4-9(5-2)22-16-12-17(24-19(20)23-16)26(8-21-12)18-14(28)13(27)15(29-18)11-7-10(6-3)25-30-11/h7-9,13-15,18,27-28H,4-6H2,1-3H3,(H,22,23,24)/t13-,14+,15+,18+/m0/s1. The lowest BCUT2D eigenvalue weighted by molar-refractivity contribution is -0.0434. The van der Waals surface area contributed by atoms with E-state index < -0.39 is 24.5 Å². The summed E-state index contributed by atoms with van der Waals surface area (Å²) >= 11 is 6.16. The molecule has 4 heterocycles. The Morgan fingerprint density at radius 2 is 1.97 bits per heavy atom. The van der Waals surface area contributed by atoms with Gasteiger partial charge in [-0.15, -0.1) is 0 Å². The first-order valence-corrected chi connectivity index (χ1v) is 10.5. The van der Waals surface area contributed by atoms with Gasteiger partial charge in [-0.1, -0.05) is 25.9 Å². The number of nitrogens with zero attached hydrogens (tertiary/aromatic N) is 5. The van der Waals surface area contributed by atoms with E-state index in [1.807, 2.05) is 6.92 Å². The summed E-state index contributed by atoms with van der Waals surface area (Å²) in [4.78, 5) is 13.0. The lowest BCUT2D eigenvalue weighted by Gasteiger charge is -2.18. The molecule has 0 spiro atoms. The van der Waals surface area contributed by atoms with Crippen LogP contribution >= 0.6 is 11.6 Å². The van der Waals surface area contributed by atoms with Crippen molar-refractivity contribution in [3.05, 3.63) is 29.1 Å². The van der Waals surface area contributed by atoms with Gasteiger partial charge in [-0.05, 0) is 30.9 Å². The summed E-state index contributed by atoms with van der Waals surface area (Å²) in [6, 6.07) is 1.93. The molecule has 0 unspecified atom stereocenters. The van der Waals surface area contributed by atoms with Gasteiger partial charge in [-0.25, -0.2) is 4.98 Å². The maximum Gasteiger partial charge on any atom is 0.226 e. The van der Waals surface area contributed by atoms with Crippen LogP contribution in [0.15, 0.2) is 16.9 Å². The number of aliphatic hydroxyl groups excluding tert-OH is 2. The number of nitrogens with one attached hydrogen (secondary N) is 1. The summed E-state index contributed by atoms with van der Waals surface area (Å²) in [7, 11) is 0. The number of anilines is 1. The van der Waals surface area contributed by atoms with Crippen molar-refractivity contribution < 1.29 is 19.5 Å². The number of aliphatic hydroxyl groups is 2. The molecule has 162 valence electrons. The molecule has 1 fully saturated rings. The molecule has 1 aliphatic heterocycles. The minimum absolute atomic E-state index is 0.0464. The van der Waals surface area contributed by atoms with Gasteiger partial charge in [0, 0.05) is 12.1 Å². The highest BCUT2D eigenvalue weighted by Crippen LogP contribution is 2.40. The monoisotopic (exact) mass is 436 g/mol. The molecule has 3 N–H and O–H groups in total. The van der Waals surface area contributed by atoms with Crippen molar-refractivity contribution in [3.63, 3.8) is 0 Å². The molecular weight excluding hydrogens is 412 g/mol. The van der Waals surface area contributed by atoms with Crippen LogP contribution in [0.4, 0.5) is 5.82 Å². The molecule has 0 amide bonds. The second-order valence-corrected chi connectivity index (χ2v) is 7.66. The highest BCUT2D eigenvalue weighted by molar-refractivity contribution is 6.28. The van der Waals surface area contributed by atoms with Crippen molar-refractivity contribution in [2.75, 3.05) is 5.32 Å². The van der Waals surface area contributed by atoms with E-state index in [1.165, 1.54) is 6.33 Å². The summed E-state index contributed by atoms with van der Waals surface area (Å²) in [6.07, 6.45) is -0.227. The van der Waals surface area contributed by atoms with Crippen molar-refractivity contribution in [1.29, 1.82) is 0 Å². The first-order valence-electron chi connectivity index (χ1n) is 10.1. The molecule has 0 aromatic carbocycles. The molecule has 0 saturated carbocycles.